The molecule has 10 heteroatoms. The number of carbonyl (C=O) groups is 1. The van der Waals surface area contributed by atoms with Crippen LogP contribution in [0, 0.1) is 5.82 Å². The number of nitrogens with one attached hydrogen (secondary N) is 1. The summed E-state index contributed by atoms with van der Waals surface area (Å²) in [5.74, 6) is -1.03. The van der Waals surface area contributed by atoms with Crippen LogP contribution in [0.1, 0.15) is 35.1 Å². The molecular formula is C24H23F4N5O. The quantitative estimate of drug-likeness (QED) is 0.449. The van der Waals surface area contributed by atoms with E-state index in [0.717, 1.165) is 36.1 Å². The highest BCUT2D eigenvalue weighted by Crippen LogP contribution is 2.35. The van der Waals surface area contributed by atoms with Gasteiger partial charge in [-0.25, -0.2) is 9.97 Å². The largest absolute Gasteiger partial charge is 0.416 e. The predicted molar refractivity (Wildman–Crippen MR) is 119 cm³/mol. The van der Waals surface area contributed by atoms with Gasteiger partial charge in [0, 0.05) is 19.1 Å². The van der Waals surface area contributed by atoms with E-state index in [1.165, 1.54) is 12.4 Å². The van der Waals surface area contributed by atoms with Crippen LogP contribution >= 0.6 is 0 Å². The number of benzene rings is 2. The van der Waals surface area contributed by atoms with Crippen LogP contribution in [0.2, 0.25) is 0 Å². The number of anilines is 2. The van der Waals surface area contributed by atoms with Gasteiger partial charge in [-0.1, -0.05) is 36.4 Å². The Labute approximate surface area is 193 Å². The number of primary amides is 1. The lowest BCUT2D eigenvalue weighted by atomic mass is 10.1. The summed E-state index contributed by atoms with van der Waals surface area (Å²) >= 11 is 0. The molecule has 0 spiro atoms. The molecule has 0 atom stereocenters. The van der Waals surface area contributed by atoms with Gasteiger partial charge in [-0.2, -0.15) is 17.6 Å². The lowest BCUT2D eigenvalue weighted by Crippen LogP contribution is -2.27. The molecule has 3 N–H and O–H groups in total. The van der Waals surface area contributed by atoms with Crippen molar-refractivity contribution in [2.24, 2.45) is 5.73 Å². The summed E-state index contributed by atoms with van der Waals surface area (Å²) in [6, 6.07) is 12.2. The normalized spacial score (nSPS) is 13.5. The topological polar surface area (TPSA) is 84.1 Å². The summed E-state index contributed by atoms with van der Waals surface area (Å²) in [6.07, 6.45) is -1.46. The fourth-order valence-electron chi connectivity index (χ4n) is 3.65. The molecule has 0 aliphatic heterocycles. The maximum atomic E-state index is 15.3. The molecule has 1 aliphatic carbocycles. The van der Waals surface area contributed by atoms with Crippen molar-refractivity contribution in [3.05, 3.63) is 82.9 Å². The fraction of sp³-hybridized carbons (Fsp3) is 0.292. The third kappa shape index (κ3) is 5.81. The van der Waals surface area contributed by atoms with Crippen LogP contribution in [-0.2, 0) is 30.5 Å². The molecule has 1 aromatic heterocycles. The standard InChI is InChI=1S/C24H23F4N5O/c25-21-22(30-12-16-6-4-15(5-7-16)11-20(29)34)31-14-32-23(21)33(19-8-9-19)13-17-2-1-3-18(10-17)24(26,27)28/h1-7,10,14,19H,8-9,11-13H2,(H2,29,34)(H,30,31,32). The summed E-state index contributed by atoms with van der Waals surface area (Å²) in [7, 11) is 0. The average Bonchev–Trinajstić information content (AvgIpc) is 3.63. The number of nitrogens with zero attached hydrogens (tertiary/aromatic N) is 3. The van der Waals surface area contributed by atoms with Gasteiger partial charge >= 0.3 is 6.18 Å². The number of hydrogen-bond donors (Lipinski definition) is 2. The van der Waals surface area contributed by atoms with Gasteiger partial charge in [-0.3, -0.25) is 4.79 Å². The van der Waals surface area contributed by atoms with E-state index < -0.39 is 23.5 Å². The number of aromatic nitrogens is 2. The van der Waals surface area contributed by atoms with Crippen molar-refractivity contribution in [2.45, 2.75) is 44.6 Å². The van der Waals surface area contributed by atoms with Crippen molar-refractivity contribution in [1.29, 1.82) is 0 Å². The highest BCUT2D eigenvalue weighted by molar-refractivity contribution is 5.76. The number of halogens is 4. The van der Waals surface area contributed by atoms with Crippen molar-refractivity contribution in [3.63, 3.8) is 0 Å². The second kappa shape index (κ2) is 9.66. The molecular weight excluding hydrogens is 450 g/mol. The molecule has 2 aromatic carbocycles. The number of alkyl halides is 3. The van der Waals surface area contributed by atoms with E-state index >= 15 is 4.39 Å². The van der Waals surface area contributed by atoms with Crippen LogP contribution in [0.3, 0.4) is 0 Å². The third-order valence-electron chi connectivity index (χ3n) is 5.50. The molecule has 1 saturated carbocycles. The molecule has 3 aromatic rings. The van der Waals surface area contributed by atoms with Gasteiger partial charge in [0.25, 0.3) is 0 Å². The second-order valence-electron chi connectivity index (χ2n) is 8.23. The highest BCUT2D eigenvalue weighted by Gasteiger charge is 2.34. The summed E-state index contributed by atoms with van der Waals surface area (Å²) in [5.41, 5.74) is 6.49. The van der Waals surface area contributed by atoms with Gasteiger partial charge in [0.05, 0.1) is 12.0 Å². The molecule has 0 unspecified atom stereocenters. The van der Waals surface area contributed by atoms with Crippen LogP contribution in [0.5, 0.6) is 0 Å². The van der Waals surface area contributed by atoms with Gasteiger partial charge in [0.1, 0.15) is 6.33 Å². The van der Waals surface area contributed by atoms with E-state index in [1.54, 1.807) is 35.2 Å². The minimum absolute atomic E-state index is 0.000838. The zero-order chi connectivity index (χ0) is 24.3. The number of hydrogen-bond acceptors (Lipinski definition) is 5. The molecule has 0 saturated heterocycles. The van der Waals surface area contributed by atoms with Crippen LogP contribution in [0.15, 0.2) is 54.9 Å². The van der Waals surface area contributed by atoms with Gasteiger partial charge < -0.3 is 16.0 Å². The lowest BCUT2D eigenvalue weighted by Gasteiger charge is -2.25. The fourth-order valence-corrected chi connectivity index (χ4v) is 3.65. The molecule has 4 rings (SSSR count). The van der Waals surface area contributed by atoms with E-state index in [0.29, 0.717) is 5.56 Å². The number of carbonyl (C=O) groups excluding carboxylic acids is 1. The molecule has 1 fully saturated rings. The minimum Gasteiger partial charge on any atom is -0.369 e. The molecule has 34 heavy (non-hydrogen) atoms. The van der Waals surface area contributed by atoms with E-state index in [-0.39, 0.29) is 37.2 Å². The third-order valence-corrected chi connectivity index (χ3v) is 5.50. The molecule has 0 radical (unpaired) electrons. The number of rotatable bonds is 9. The highest BCUT2D eigenvalue weighted by atomic mass is 19.4. The lowest BCUT2D eigenvalue weighted by molar-refractivity contribution is -0.137. The van der Waals surface area contributed by atoms with Crippen molar-refractivity contribution in [1.82, 2.24) is 9.97 Å². The Hall–Kier alpha value is -3.69. The summed E-state index contributed by atoms with van der Waals surface area (Å²) in [5, 5.41) is 2.94. The Bertz CT molecular complexity index is 1160. The zero-order valence-corrected chi connectivity index (χ0v) is 18.1. The van der Waals surface area contributed by atoms with E-state index in [9.17, 15) is 18.0 Å². The number of nitrogens with two attached hydrogens (primary N) is 1. The molecule has 1 heterocycles. The maximum absolute atomic E-state index is 15.3. The molecule has 178 valence electrons. The van der Waals surface area contributed by atoms with Crippen molar-refractivity contribution >= 4 is 17.5 Å². The predicted octanol–water partition coefficient (Wildman–Crippen LogP) is 4.44. The van der Waals surface area contributed by atoms with Crippen LogP contribution in [0.25, 0.3) is 0 Å². The second-order valence-corrected chi connectivity index (χ2v) is 8.23. The first-order valence-corrected chi connectivity index (χ1v) is 10.7. The maximum Gasteiger partial charge on any atom is 0.416 e. The van der Waals surface area contributed by atoms with Gasteiger partial charge in [0.15, 0.2) is 11.6 Å². The summed E-state index contributed by atoms with van der Waals surface area (Å²) in [4.78, 5) is 20.8. The van der Waals surface area contributed by atoms with E-state index in [2.05, 4.69) is 15.3 Å². The summed E-state index contributed by atoms with van der Waals surface area (Å²) in [6.45, 7) is 0.380. The van der Waals surface area contributed by atoms with Crippen LogP contribution in [0.4, 0.5) is 29.2 Å². The van der Waals surface area contributed by atoms with Gasteiger partial charge in [-0.15, -0.1) is 0 Å². The Morgan fingerprint density at radius 3 is 2.41 bits per heavy atom. The monoisotopic (exact) mass is 473 g/mol. The first kappa shape index (κ1) is 23.5. The molecule has 6 nitrogen and oxygen atoms in total. The SMILES string of the molecule is NC(=O)Cc1ccc(CNc2ncnc(N(Cc3cccc(C(F)(F)F)c3)C3CC3)c2F)cc1. The summed E-state index contributed by atoms with van der Waals surface area (Å²) < 4.78 is 54.6. The van der Waals surface area contributed by atoms with E-state index in [1.807, 2.05) is 0 Å². The molecule has 0 bridgehead atoms. The average molecular weight is 473 g/mol. The van der Waals surface area contributed by atoms with Crippen molar-refractivity contribution in [3.8, 4) is 0 Å². The minimum atomic E-state index is -4.45. The van der Waals surface area contributed by atoms with Crippen LogP contribution in [-0.4, -0.2) is 21.9 Å². The zero-order valence-electron chi connectivity index (χ0n) is 18.1. The number of amides is 1. The van der Waals surface area contributed by atoms with Crippen molar-refractivity contribution in [2.75, 3.05) is 10.2 Å². The van der Waals surface area contributed by atoms with Crippen molar-refractivity contribution < 1.29 is 22.4 Å². The van der Waals surface area contributed by atoms with Crippen LogP contribution < -0.4 is 16.0 Å². The smallest absolute Gasteiger partial charge is 0.369 e. The van der Waals surface area contributed by atoms with Gasteiger partial charge in [0.2, 0.25) is 11.7 Å². The Morgan fingerprint density at radius 2 is 1.76 bits per heavy atom. The Kier molecular flexibility index (Phi) is 6.67. The Balaban J connectivity index is 1.50. The first-order valence-electron chi connectivity index (χ1n) is 10.7. The van der Waals surface area contributed by atoms with E-state index in [4.69, 9.17) is 5.73 Å². The Morgan fingerprint density at radius 1 is 1.06 bits per heavy atom. The molecule has 1 amide bonds. The van der Waals surface area contributed by atoms with Gasteiger partial charge in [-0.05, 0) is 41.7 Å². The molecule has 1 aliphatic rings. The first-order chi connectivity index (χ1) is 16.2.